The third-order valence-corrected chi connectivity index (χ3v) is 13.4. The van der Waals surface area contributed by atoms with Gasteiger partial charge < -0.3 is 0 Å². The fourth-order valence-electron chi connectivity index (χ4n) is 3.86. The molecule has 0 unspecified atom stereocenters. The Labute approximate surface area is 242 Å². The Morgan fingerprint density at radius 2 is 0.974 bits per heavy atom. The van der Waals surface area contributed by atoms with Crippen molar-refractivity contribution in [2.75, 3.05) is 0 Å². The average Bonchev–Trinajstić information content (AvgIpc) is 3.67. The molecule has 39 heavy (non-hydrogen) atoms. The van der Waals surface area contributed by atoms with Crippen LogP contribution in [0.1, 0.15) is 30.5 Å². The Morgan fingerprint density at radius 1 is 0.564 bits per heavy atom. The van der Waals surface area contributed by atoms with Gasteiger partial charge >= 0.3 is 244 Å². The van der Waals surface area contributed by atoms with Crippen molar-refractivity contribution >= 4 is 83.7 Å². The van der Waals surface area contributed by atoms with Gasteiger partial charge in [0, 0.05) is 0 Å². The molecule has 5 heterocycles. The van der Waals surface area contributed by atoms with Crippen molar-refractivity contribution in [2.45, 2.75) is 12.8 Å². The molecule has 13 heteroatoms. The zero-order chi connectivity index (χ0) is 27.8. The third kappa shape index (κ3) is 5.83. The van der Waals surface area contributed by atoms with Gasteiger partial charge in [-0.25, -0.2) is 0 Å². The molecule has 0 spiro atoms. The first kappa shape index (κ1) is 27.3. The maximum atomic E-state index is 11.5. The first-order valence-electron chi connectivity index (χ1n) is 11.1. The van der Waals surface area contributed by atoms with Crippen LogP contribution < -0.4 is 0 Å². The van der Waals surface area contributed by atoms with Gasteiger partial charge in [-0.1, -0.05) is 0 Å². The first-order chi connectivity index (χ1) is 18.6. The average molecular weight is 664 g/mol. The van der Waals surface area contributed by atoms with Gasteiger partial charge in [-0.2, -0.15) is 0 Å². The molecule has 8 nitrogen and oxygen atoms in total. The number of hydrogen-bond acceptors (Lipinski definition) is 8. The fraction of sp³-hybridized carbons (Fsp3) is 0.0769. The molecule has 4 N–H and O–H groups in total. The van der Waals surface area contributed by atoms with Crippen molar-refractivity contribution in [3.8, 4) is 38.1 Å². The second-order valence-electron chi connectivity index (χ2n) is 8.17. The van der Waals surface area contributed by atoms with E-state index >= 15 is 0 Å². The number of carbonyl (C=O) groups is 4. The third-order valence-electron chi connectivity index (χ3n) is 5.47. The van der Waals surface area contributed by atoms with E-state index in [4.69, 9.17) is 0 Å². The molecule has 0 aromatic carbocycles. The molecule has 0 radical (unpaired) electrons. The molecule has 5 aromatic rings. The minimum absolute atomic E-state index is 0.144. The molecule has 0 aliphatic carbocycles. The maximum absolute atomic E-state index is 11.5. The normalized spacial score (nSPS) is 11.1. The van der Waals surface area contributed by atoms with Crippen LogP contribution in [0, 0.1) is 0 Å². The molecule has 0 fully saturated rings. The van der Waals surface area contributed by atoms with E-state index < -0.39 is 23.9 Å². The second-order valence-corrected chi connectivity index (χ2v) is 14.7. The SMILES string of the molecule is O=C(O)Cc1cc(-c2ccc(-c3cc(CC(=O)O)c(-c4ccc(C(=O)O)s4)s3)[se]2)sc1-c1ccc(C(=O)O)s1. The number of aliphatic carboxylic acids is 2. The quantitative estimate of drug-likeness (QED) is 0.127. The molecule has 0 atom stereocenters. The molecule has 0 aliphatic heterocycles. The summed E-state index contributed by atoms with van der Waals surface area (Å²) in [5, 5.41) is 37.5. The topological polar surface area (TPSA) is 149 Å². The van der Waals surface area contributed by atoms with E-state index in [0.29, 0.717) is 20.9 Å². The Kier molecular flexibility index (Phi) is 7.72. The summed E-state index contributed by atoms with van der Waals surface area (Å²) in [7, 11) is 0. The second kappa shape index (κ2) is 11.0. The van der Waals surface area contributed by atoms with Gasteiger partial charge in [0.05, 0.1) is 0 Å². The van der Waals surface area contributed by atoms with E-state index in [2.05, 4.69) is 0 Å². The summed E-state index contributed by atoms with van der Waals surface area (Å²) >= 11 is 4.94. The Bertz CT molecular complexity index is 1620. The van der Waals surface area contributed by atoms with E-state index in [1.54, 1.807) is 12.1 Å². The number of rotatable bonds is 10. The molecule has 0 amide bonds. The summed E-state index contributed by atoms with van der Waals surface area (Å²) in [6.45, 7) is 0. The molecular formula is C26H16O8S4Se. The van der Waals surface area contributed by atoms with Gasteiger partial charge in [-0.05, 0) is 0 Å². The first-order valence-corrected chi connectivity index (χ1v) is 16.0. The van der Waals surface area contributed by atoms with Gasteiger partial charge in [0.1, 0.15) is 0 Å². The van der Waals surface area contributed by atoms with Crippen molar-refractivity contribution in [3.05, 3.63) is 69.4 Å². The predicted molar refractivity (Wildman–Crippen MR) is 153 cm³/mol. The summed E-state index contributed by atoms with van der Waals surface area (Å²) in [5.41, 5.74) is 1.25. The number of thiophene rings is 4. The molecule has 0 saturated carbocycles. The standard InChI is InChI=1S/C26H16O8S4Se/c27-21(28)9-11-7-17(37-23(11)13-1-3-15(35-13)25(31)32)19-5-6-20(39-19)18-8-12(10-22(29)30)24(38-18)14-2-4-16(36-14)26(33)34/h1-8H,9-10H2,(H,27,28)(H,29,30)(H,31,32)(H,33,34). The summed E-state index contributed by atoms with van der Waals surface area (Å²) < 4.78 is 2.07. The van der Waals surface area contributed by atoms with E-state index in [-0.39, 0.29) is 37.1 Å². The zero-order valence-corrected chi connectivity index (χ0v) is 24.5. The zero-order valence-electron chi connectivity index (χ0n) is 19.5. The summed E-state index contributed by atoms with van der Waals surface area (Å²) in [6.07, 6.45) is -0.364. The summed E-state index contributed by atoms with van der Waals surface area (Å²) in [5.74, 6) is -4.01. The van der Waals surface area contributed by atoms with Crippen molar-refractivity contribution in [1.82, 2.24) is 0 Å². The van der Waals surface area contributed by atoms with Gasteiger partial charge in [0.2, 0.25) is 0 Å². The molecule has 0 saturated heterocycles. The summed E-state index contributed by atoms with van der Waals surface area (Å²) in [6, 6.07) is 14.1. The van der Waals surface area contributed by atoms with Crippen molar-refractivity contribution < 1.29 is 39.6 Å². The fourth-order valence-corrected chi connectivity index (χ4v) is 10.7. The van der Waals surface area contributed by atoms with Crippen LogP contribution in [-0.2, 0) is 22.4 Å². The van der Waals surface area contributed by atoms with E-state index in [1.807, 2.05) is 24.3 Å². The van der Waals surface area contributed by atoms with Crippen LogP contribution in [0.15, 0.2) is 48.5 Å². The number of carboxylic acid groups (broad SMARTS) is 4. The Morgan fingerprint density at radius 3 is 1.31 bits per heavy atom. The van der Waals surface area contributed by atoms with E-state index in [0.717, 1.165) is 51.1 Å². The Balaban J connectivity index is 1.51. The molecule has 0 aliphatic rings. The van der Waals surface area contributed by atoms with Crippen LogP contribution in [0.2, 0.25) is 0 Å². The number of aromatic carboxylic acids is 2. The van der Waals surface area contributed by atoms with Crippen LogP contribution in [0.3, 0.4) is 0 Å². The van der Waals surface area contributed by atoms with E-state index in [9.17, 15) is 39.6 Å². The molecule has 0 bridgehead atoms. The molecule has 5 rings (SSSR count). The monoisotopic (exact) mass is 664 g/mol. The van der Waals surface area contributed by atoms with Crippen LogP contribution in [0.5, 0.6) is 0 Å². The van der Waals surface area contributed by atoms with Crippen molar-refractivity contribution in [1.29, 1.82) is 0 Å². The van der Waals surface area contributed by atoms with Crippen molar-refractivity contribution in [2.24, 2.45) is 0 Å². The van der Waals surface area contributed by atoms with Gasteiger partial charge in [-0.3, -0.25) is 0 Å². The van der Waals surface area contributed by atoms with Crippen LogP contribution in [0.4, 0.5) is 0 Å². The van der Waals surface area contributed by atoms with Gasteiger partial charge in [-0.15, -0.1) is 0 Å². The van der Waals surface area contributed by atoms with Crippen LogP contribution in [0.25, 0.3) is 38.1 Å². The summed E-state index contributed by atoms with van der Waals surface area (Å²) in [4.78, 5) is 50.8. The van der Waals surface area contributed by atoms with E-state index in [1.165, 1.54) is 34.8 Å². The van der Waals surface area contributed by atoms with Crippen molar-refractivity contribution in [3.63, 3.8) is 0 Å². The minimum atomic E-state index is -1.03. The molecular weight excluding hydrogens is 648 g/mol. The Hall–Kier alpha value is -3.32. The molecule has 198 valence electrons. The molecule has 5 aromatic heterocycles. The van der Waals surface area contributed by atoms with Crippen LogP contribution >= 0.6 is 45.3 Å². The number of carboxylic acids is 4. The van der Waals surface area contributed by atoms with Gasteiger partial charge in [0.25, 0.3) is 0 Å². The number of hydrogen-bond donors (Lipinski definition) is 4. The van der Waals surface area contributed by atoms with Gasteiger partial charge in [0.15, 0.2) is 0 Å². The predicted octanol–water partition coefficient (Wildman–Crippen LogP) is 6.31. The van der Waals surface area contributed by atoms with Crippen LogP contribution in [-0.4, -0.2) is 58.8 Å².